The summed E-state index contributed by atoms with van der Waals surface area (Å²) in [6.07, 6.45) is -0.0539. The summed E-state index contributed by atoms with van der Waals surface area (Å²) in [5.41, 5.74) is 2.15. The number of Topliss-reactive ketones (excluding diaryl/α,β-unsaturated/α-hetero) is 1. The molecule has 1 aromatic carbocycles. The predicted molar refractivity (Wildman–Crippen MR) is 75.1 cm³/mol. The molecule has 0 saturated heterocycles. The van der Waals surface area contributed by atoms with Crippen LogP contribution in [0.15, 0.2) is 35.8 Å². The lowest BCUT2D eigenvalue weighted by atomic mass is 10.1. The molecular weight excluding hydrogens is 278 g/mol. The van der Waals surface area contributed by atoms with Gasteiger partial charge in [0.25, 0.3) is 0 Å². The number of carboxylic acids is 1. The van der Waals surface area contributed by atoms with Gasteiger partial charge in [-0.2, -0.15) is 0 Å². The molecule has 2 aromatic rings. The third-order valence-corrected chi connectivity index (χ3v) is 3.40. The molecule has 0 fully saturated rings. The van der Waals surface area contributed by atoms with Crippen LogP contribution >= 0.6 is 11.3 Å². The van der Waals surface area contributed by atoms with E-state index in [0.29, 0.717) is 10.7 Å². The second-order valence-electron chi connectivity index (χ2n) is 4.08. The van der Waals surface area contributed by atoms with E-state index in [1.807, 2.05) is 6.07 Å². The average Bonchev–Trinajstić information content (AvgIpc) is 2.98. The minimum atomic E-state index is -0.910. The van der Waals surface area contributed by atoms with Crippen molar-refractivity contribution in [3.63, 3.8) is 0 Å². The molecule has 0 bridgehead atoms. The number of hydrogen-bond donors (Lipinski definition) is 1. The van der Waals surface area contributed by atoms with Gasteiger partial charge < -0.3 is 10.0 Å². The fourth-order valence-electron chi connectivity index (χ4n) is 1.67. The zero-order chi connectivity index (χ0) is 14.4. The molecule has 0 amide bonds. The fraction of sp³-hybridized carbons (Fsp3) is 0.231. The highest BCUT2D eigenvalue weighted by Crippen LogP contribution is 2.16. The van der Waals surface area contributed by atoms with Crippen LogP contribution in [0, 0.1) is 0 Å². The van der Waals surface area contributed by atoms with E-state index in [1.165, 1.54) is 11.3 Å². The first kappa shape index (κ1) is 14.1. The van der Waals surface area contributed by atoms with Crippen molar-refractivity contribution in [2.75, 3.05) is 18.0 Å². The third kappa shape index (κ3) is 3.86. The maximum absolute atomic E-state index is 12.2. The first-order valence-corrected chi connectivity index (χ1v) is 6.86. The fourth-order valence-corrected chi connectivity index (χ4v) is 2.25. The van der Waals surface area contributed by atoms with Gasteiger partial charge in [0.2, 0.25) is 5.13 Å². The molecule has 20 heavy (non-hydrogen) atoms. The van der Waals surface area contributed by atoms with E-state index < -0.39 is 5.97 Å². The van der Waals surface area contributed by atoms with Crippen molar-refractivity contribution in [2.45, 2.75) is 6.42 Å². The van der Waals surface area contributed by atoms with Gasteiger partial charge >= 0.3 is 5.97 Å². The Morgan fingerprint density at radius 1 is 1.25 bits per heavy atom. The Balaban J connectivity index is 2.08. The summed E-state index contributed by atoms with van der Waals surface area (Å²) >= 11 is 1.28. The Bertz CT molecular complexity index is 572. The monoisotopic (exact) mass is 291 g/mol. The van der Waals surface area contributed by atoms with Crippen molar-refractivity contribution in [1.29, 1.82) is 0 Å². The summed E-state index contributed by atoms with van der Waals surface area (Å²) in [6.45, 7) is 0.315. The SMILES string of the molecule is O=C(O)CCN(CC(=O)c1ccccc1)c1nncs1. The van der Waals surface area contributed by atoms with Crippen molar-refractivity contribution in [1.82, 2.24) is 10.2 Å². The summed E-state index contributed by atoms with van der Waals surface area (Å²) in [6, 6.07) is 8.89. The van der Waals surface area contributed by atoms with Crippen LogP contribution in [0.3, 0.4) is 0 Å². The minimum Gasteiger partial charge on any atom is -0.481 e. The van der Waals surface area contributed by atoms with Crippen LogP contribution < -0.4 is 4.90 Å². The number of anilines is 1. The molecule has 0 spiro atoms. The van der Waals surface area contributed by atoms with Crippen LogP contribution in [0.25, 0.3) is 0 Å². The van der Waals surface area contributed by atoms with Gasteiger partial charge in [-0.15, -0.1) is 10.2 Å². The molecule has 0 radical (unpaired) electrons. The molecule has 0 unspecified atom stereocenters. The number of carbonyl (C=O) groups is 2. The number of benzene rings is 1. The molecule has 1 aromatic heterocycles. The van der Waals surface area contributed by atoms with Crippen LogP contribution in [-0.2, 0) is 4.79 Å². The Morgan fingerprint density at radius 2 is 2.00 bits per heavy atom. The number of carbonyl (C=O) groups excluding carboxylic acids is 1. The largest absolute Gasteiger partial charge is 0.481 e. The third-order valence-electron chi connectivity index (χ3n) is 2.64. The number of aliphatic carboxylic acids is 1. The highest BCUT2D eigenvalue weighted by atomic mass is 32.1. The van der Waals surface area contributed by atoms with Gasteiger partial charge in [0.1, 0.15) is 5.51 Å². The smallest absolute Gasteiger partial charge is 0.305 e. The van der Waals surface area contributed by atoms with Gasteiger partial charge in [0, 0.05) is 12.1 Å². The molecule has 1 heterocycles. The van der Waals surface area contributed by atoms with E-state index in [9.17, 15) is 9.59 Å². The molecule has 0 saturated carbocycles. The summed E-state index contributed by atoms with van der Waals surface area (Å²) in [5.74, 6) is -0.988. The molecule has 0 aliphatic rings. The van der Waals surface area contributed by atoms with Gasteiger partial charge in [0.05, 0.1) is 13.0 Å². The topological polar surface area (TPSA) is 83.4 Å². The second-order valence-corrected chi connectivity index (χ2v) is 4.89. The number of hydrogen-bond acceptors (Lipinski definition) is 6. The number of nitrogens with zero attached hydrogens (tertiary/aromatic N) is 3. The second kappa shape index (κ2) is 6.76. The number of aromatic nitrogens is 2. The average molecular weight is 291 g/mol. The molecule has 0 atom stereocenters. The van der Waals surface area contributed by atoms with E-state index in [4.69, 9.17) is 5.11 Å². The highest BCUT2D eigenvalue weighted by molar-refractivity contribution is 7.13. The van der Waals surface area contributed by atoms with Crippen LogP contribution in [0.5, 0.6) is 0 Å². The summed E-state index contributed by atoms with van der Waals surface area (Å²) in [7, 11) is 0. The minimum absolute atomic E-state index is 0.0539. The van der Waals surface area contributed by atoms with Crippen molar-refractivity contribution in [3.8, 4) is 0 Å². The van der Waals surface area contributed by atoms with Crippen molar-refractivity contribution in [3.05, 3.63) is 41.4 Å². The zero-order valence-corrected chi connectivity index (χ0v) is 11.4. The normalized spacial score (nSPS) is 10.2. The van der Waals surface area contributed by atoms with Gasteiger partial charge in [0.15, 0.2) is 5.78 Å². The van der Waals surface area contributed by atoms with E-state index in [2.05, 4.69) is 10.2 Å². The first-order valence-electron chi connectivity index (χ1n) is 5.98. The van der Waals surface area contributed by atoms with Gasteiger partial charge in [-0.05, 0) is 0 Å². The molecule has 104 valence electrons. The molecule has 0 aliphatic carbocycles. The van der Waals surface area contributed by atoms with E-state index in [1.54, 1.807) is 34.7 Å². The Hall–Kier alpha value is -2.28. The number of carboxylic acid groups (broad SMARTS) is 1. The highest BCUT2D eigenvalue weighted by Gasteiger charge is 2.16. The predicted octanol–water partition coefficient (Wildman–Crippen LogP) is 1.70. The van der Waals surface area contributed by atoms with Crippen molar-refractivity contribution in [2.24, 2.45) is 0 Å². The molecule has 0 aliphatic heterocycles. The Morgan fingerprint density at radius 3 is 2.60 bits per heavy atom. The number of rotatable bonds is 7. The first-order chi connectivity index (χ1) is 9.66. The number of ketones is 1. The quantitative estimate of drug-likeness (QED) is 0.782. The van der Waals surface area contributed by atoms with Crippen LogP contribution in [-0.4, -0.2) is 40.1 Å². The van der Waals surface area contributed by atoms with Gasteiger partial charge in [-0.1, -0.05) is 41.7 Å². The van der Waals surface area contributed by atoms with Gasteiger partial charge in [-0.25, -0.2) is 0 Å². The van der Waals surface area contributed by atoms with Crippen molar-refractivity contribution >= 4 is 28.2 Å². The standard InChI is InChI=1S/C13H13N3O3S/c17-11(10-4-2-1-3-5-10)8-16(7-6-12(18)19)13-15-14-9-20-13/h1-5,9H,6-8H2,(H,18,19). The summed E-state index contributed by atoms with van der Waals surface area (Å²) in [5, 5.41) is 16.9. The van der Waals surface area contributed by atoms with E-state index in [-0.39, 0.29) is 25.3 Å². The van der Waals surface area contributed by atoms with Crippen LogP contribution in [0.1, 0.15) is 16.8 Å². The molecule has 7 heteroatoms. The Kier molecular flexibility index (Phi) is 4.78. The molecule has 2 rings (SSSR count). The zero-order valence-electron chi connectivity index (χ0n) is 10.6. The molecule has 1 N–H and O–H groups in total. The summed E-state index contributed by atoms with van der Waals surface area (Å²) < 4.78 is 0. The van der Waals surface area contributed by atoms with Crippen molar-refractivity contribution < 1.29 is 14.7 Å². The van der Waals surface area contributed by atoms with E-state index in [0.717, 1.165) is 0 Å². The Labute approximate surface area is 119 Å². The van der Waals surface area contributed by atoms with Crippen LogP contribution in [0.2, 0.25) is 0 Å². The van der Waals surface area contributed by atoms with E-state index >= 15 is 0 Å². The summed E-state index contributed by atoms with van der Waals surface area (Å²) in [4.78, 5) is 24.5. The molecular formula is C13H13N3O3S. The van der Waals surface area contributed by atoms with Crippen LogP contribution in [0.4, 0.5) is 5.13 Å². The lowest BCUT2D eigenvalue weighted by Crippen LogP contribution is -2.32. The maximum Gasteiger partial charge on any atom is 0.305 e. The lowest BCUT2D eigenvalue weighted by Gasteiger charge is -2.19. The maximum atomic E-state index is 12.2. The lowest BCUT2D eigenvalue weighted by molar-refractivity contribution is -0.136. The van der Waals surface area contributed by atoms with Gasteiger partial charge in [-0.3, -0.25) is 9.59 Å². The molecule has 6 nitrogen and oxygen atoms in total.